The Morgan fingerprint density at radius 1 is 1.11 bits per heavy atom. The maximum atomic E-state index is 13.4. The zero-order chi connectivity index (χ0) is 26.7. The molecule has 1 amide bonds. The Kier molecular flexibility index (Phi) is 8.89. The number of ether oxygens (including phenoxy) is 1. The van der Waals surface area contributed by atoms with Gasteiger partial charge >= 0.3 is 0 Å². The second-order valence-corrected chi connectivity index (χ2v) is 10.9. The lowest BCUT2D eigenvalue weighted by Crippen LogP contribution is -2.50. The van der Waals surface area contributed by atoms with Crippen molar-refractivity contribution in [2.75, 3.05) is 17.7 Å². The topological polar surface area (TPSA) is 119 Å². The van der Waals surface area contributed by atoms with Crippen LogP contribution in [0, 0.1) is 24.0 Å². The molecule has 0 aromatic heterocycles. The average Bonchev–Trinajstić information content (AvgIpc) is 2.76. The molecule has 2 atom stereocenters. The minimum atomic E-state index is -3.94. The molecule has 0 spiro atoms. The Balaban J connectivity index is 2.48. The zero-order valence-electron chi connectivity index (χ0n) is 21.6. The molecule has 2 aromatic rings. The lowest BCUT2D eigenvalue weighted by Gasteiger charge is -2.32. The number of amides is 1. The van der Waals surface area contributed by atoms with Gasteiger partial charge in [0.05, 0.1) is 30.0 Å². The summed E-state index contributed by atoms with van der Waals surface area (Å²) in [6, 6.07) is 6.42. The predicted octanol–water partition coefficient (Wildman–Crippen LogP) is 4.77. The summed E-state index contributed by atoms with van der Waals surface area (Å²) in [6.07, 6.45) is 1.17. The van der Waals surface area contributed by atoms with E-state index in [1.54, 1.807) is 21.0 Å². The van der Waals surface area contributed by atoms with Crippen molar-refractivity contribution in [2.45, 2.75) is 66.0 Å². The highest BCUT2D eigenvalue weighted by atomic mass is 32.2. The van der Waals surface area contributed by atoms with E-state index in [0.29, 0.717) is 5.56 Å². The van der Waals surface area contributed by atoms with Crippen molar-refractivity contribution in [3.05, 3.63) is 62.7 Å². The number of carbonyl (C=O) groups is 1. The first kappa shape index (κ1) is 28.1. The average molecular weight is 506 g/mol. The van der Waals surface area contributed by atoms with Crippen molar-refractivity contribution in [3.63, 3.8) is 0 Å². The van der Waals surface area contributed by atoms with E-state index in [0.717, 1.165) is 33.0 Å². The number of sulfonamides is 1. The smallest absolute Gasteiger partial charge is 0.271 e. The van der Waals surface area contributed by atoms with Gasteiger partial charge in [-0.3, -0.25) is 19.2 Å². The molecule has 0 aliphatic rings. The van der Waals surface area contributed by atoms with E-state index in [1.165, 1.54) is 18.2 Å². The van der Waals surface area contributed by atoms with Crippen LogP contribution in [0.25, 0.3) is 0 Å². The van der Waals surface area contributed by atoms with Crippen LogP contribution in [0.15, 0.2) is 30.3 Å². The van der Waals surface area contributed by atoms with Gasteiger partial charge in [0, 0.05) is 12.1 Å². The quantitative estimate of drug-likeness (QED) is 0.367. The van der Waals surface area contributed by atoms with Crippen LogP contribution in [0.2, 0.25) is 0 Å². The molecule has 1 N–H and O–H groups in total. The number of hydrogen-bond donors (Lipinski definition) is 1. The highest BCUT2D eigenvalue weighted by Gasteiger charge is 2.34. The lowest BCUT2D eigenvalue weighted by molar-refractivity contribution is -0.384. The molecular weight excluding hydrogens is 470 g/mol. The summed E-state index contributed by atoms with van der Waals surface area (Å²) in [6.45, 7) is 11.2. The van der Waals surface area contributed by atoms with Crippen molar-refractivity contribution in [2.24, 2.45) is 0 Å². The summed E-state index contributed by atoms with van der Waals surface area (Å²) in [7, 11) is -2.32. The van der Waals surface area contributed by atoms with Crippen LogP contribution in [0.1, 0.15) is 68.3 Å². The van der Waals surface area contributed by atoms with E-state index in [1.807, 2.05) is 26.0 Å². The number of non-ortho nitro benzene ring substituents is 1. The van der Waals surface area contributed by atoms with Crippen LogP contribution in [0.4, 0.5) is 11.4 Å². The largest absolute Gasteiger partial charge is 0.496 e. The Bertz CT molecular complexity index is 1210. The van der Waals surface area contributed by atoms with Gasteiger partial charge < -0.3 is 10.1 Å². The summed E-state index contributed by atoms with van der Waals surface area (Å²) >= 11 is 0. The Morgan fingerprint density at radius 3 is 2.23 bits per heavy atom. The number of rotatable bonds is 10. The number of anilines is 1. The Labute approximate surface area is 207 Å². The number of nitrogens with zero attached hydrogens (tertiary/aromatic N) is 2. The van der Waals surface area contributed by atoms with E-state index in [4.69, 9.17) is 4.74 Å². The minimum Gasteiger partial charge on any atom is -0.496 e. The number of methoxy groups -OCH3 is 1. The van der Waals surface area contributed by atoms with Gasteiger partial charge in [0.15, 0.2) is 0 Å². The third-order valence-electron chi connectivity index (χ3n) is 6.04. The molecule has 0 heterocycles. The van der Waals surface area contributed by atoms with E-state index >= 15 is 0 Å². The lowest BCUT2D eigenvalue weighted by atomic mass is 9.93. The number of benzene rings is 2. The molecule has 0 aliphatic heterocycles. The molecule has 0 fully saturated rings. The standard InChI is InChI=1S/C25H35N3O6S/c1-9-22(27(35(8,32)33)23-13-19(28(30)31)11-10-16(23)4)25(29)26-18(6)21-14-20(15(2)3)24(34-7)12-17(21)5/h10-15,18,22H,9H2,1-8H3,(H,26,29)/t18-,22+/m0/s1. The van der Waals surface area contributed by atoms with Crippen LogP contribution < -0.4 is 14.4 Å². The Hall–Kier alpha value is -3.14. The summed E-state index contributed by atoms with van der Waals surface area (Å²) in [5.41, 5.74) is 3.20. The van der Waals surface area contributed by atoms with Crippen molar-refractivity contribution in [1.82, 2.24) is 5.32 Å². The van der Waals surface area contributed by atoms with Gasteiger partial charge in [-0.1, -0.05) is 26.8 Å². The normalized spacial score (nSPS) is 13.3. The number of carbonyl (C=O) groups excluding carboxylic acids is 1. The molecule has 0 saturated carbocycles. The number of nitrogens with one attached hydrogen (secondary N) is 1. The first-order valence-electron chi connectivity index (χ1n) is 11.5. The van der Waals surface area contributed by atoms with Gasteiger partial charge in [-0.25, -0.2) is 8.42 Å². The first-order chi connectivity index (χ1) is 16.2. The fourth-order valence-corrected chi connectivity index (χ4v) is 5.44. The molecule has 192 valence electrons. The highest BCUT2D eigenvalue weighted by molar-refractivity contribution is 7.92. The third kappa shape index (κ3) is 6.30. The molecule has 0 aliphatic carbocycles. The SMILES string of the molecule is CC[C@H](C(=O)N[C@@H](C)c1cc(C(C)C)c(OC)cc1C)N(c1cc([N+](=O)[O-])ccc1C)S(C)(=O)=O. The molecule has 2 aromatic carbocycles. The van der Waals surface area contributed by atoms with Gasteiger partial charge in [0.25, 0.3) is 5.69 Å². The third-order valence-corrected chi connectivity index (χ3v) is 7.20. The second-order valence-electron chi connectivity index (χ2n) is 9.05. The van der Waals surface area contributed by atoms with Crippen LogP contribution in [-0.4, -0.2) is 38.7 Å². The molecule has 0 radical (unpaired) electrons. The monoisotopic (exact) mass is 505 g/mol. The van der Waals surface area contributed by atoms with Crippen LogP contribution >= 0.6 is 0 Å². The molecule has 35 heavy (non-hydrogen) atoms. The van der Waals surface area contributed by atoms with Gasteiger partial charge in [0.1, 0.15) is 11.8 Å². The number of nitro groups is 1. The van der Waals surface area contributed by atoms with E-state index in [9.17, 15) is 23.3 Å². The summed E-state index contributed by atoms with van der Waals surface area (Å²) < 4.78 is 32.2. The van der Waals surface area contributed by atoms with Gasteiger partial charge in [0.2, 0.25) is 15.9 Å². The number of aryl methyl sites for hydroxylation is 2. The molecular formula is C25H35N3O6S. The van der Waals surface area contributed by atoms with Crippen molar-refractivity contribution in [1.29, 1.82) is 0 Å². The zero-order valence-corrected chi connectivity index (χ0v) is 22.4. The van der Waals surface area contributed by atoms with Gasteiger partial charge in [-0.05, 0) is 67.5 Å². The van der Waals surface area contributed by atoms with Crippen LogP contribution in [0.5, 0.6) is 5.75 Å². The van der Waals surface area contributed by atoms with E-state index in [-0.39, 0.29) is 23.7 Å². The van der Waals surface area contributed by atoms with Crippen LogP contribution in [0.3, 0.4) is 0 Å². The fraction of sp³-hybridized carbons (Fsp3) is 0.480. The highest BCUT2D eigenvalue weighted by Crippen LogP contribution is 2.33. The molecule has 2 rings (SSSR count). The first-order valence-corrected chi connectivity index (χ1v) is 13.3. The summed E-state index contributed by atoms with van der Waals surface area (Å²) in [5, 5.41) is 14.3. The number of hydrogen-bond acceptors (Lipinski definition) is 6. The molecule has 0 unspecified atom stereocenters. The molecule has 0 saturated heterocycles. The predicted molar refractivity (Wildman–Crippen MR) is 138 cm³/mol. The molecule has 9 nitrogen and oxygen atoms in total. The molecule has 10 heteroatoms. The number of nitro benzene ring substituents is 1. The molecule has 0 bridgehead atoms. The second kappa shape index (κ2) is 11.1. The Morgan fingerprint density at radius 2 is 1.74 bits per heavy atom. The summed E-state index contributed by atoms with van der Waals surface area (Å²) in [4.78, 5) is 24.1. The minimum absolute atomic E-state index is 0.110. The van der Waals surface area contributed by atoms with Crippen LogP contribution in [-0.2, 0) is 14.8 Å². The fourth-order valence-electron chi connectivity index (χ4n) is 4.18. The van der Waals surface area contributed by atoms with E-state index in [2.05, 4.69) is 19.2 Å². The van der Waals surface area contributed by atoms with Crippen molar-refractivity contribution in [3.8, 4) is 5.75 Å². The summed E-state index contributed by atoms with van der Waals surface area (Å²) in [5.74, 6) is 0.487. The van der Waals surface area contributed by atoms with Crippen molar-refractivity contribution < 1.29 is 22.9 Å². The van der Waals surface area contributed by atoms with Crippen molar-refractivity contribution >= 4 is 27.3 Å². The maximum absolute atomic E-state index is 13.4. The maximum Gasteiger partial charge on any atom is 0.271 e. The van der Waals surface area contributed by atoms with Gasteiger partial charge in [-0.2, -0.15) is 0 Å². The van der Waals surface area contributed by atoms with E-state index < -0.39 is 32.9 Å². The van der Waals surface area contributed by atoms with Gasteiger partial charge in [-0.15, -0.1) is 0 Å².